The van der Waals surface area contributed by atoms with Gasteiger partial charge in [-0.2, -0.15) is 0 Å². The maximum absolute atomic E-state index is 7.02. The fourth-order valence-electron chi connectivity index (χ4n) is 7.60. The molecule has 0 fully saturated rings. The van der Waals surface area contributed by atoms with Gasteiger partial charge in [-0.15, -0.1) is 0 Å². The van der Waals surface area contributed by atoms with Crippen LogP contribution >= 0.6 is 0 Å². The van der Waals surface area contributed by atoms with Crippen molar-refractivity contribution < 1.29 is 4.74 Å². The van der Waals surface area contributed by atoms with Crippen molar-refractivity contribution in [3.05, 3.63) is 200 Å². The molecule has 1 aliphatic rings. The highest BCUT2D eigenvalue weighted by Gasteiger charge is 2.24. The van der Waals surface area contributed by atoms with E-state index in [4.69, 9.17) is 4.74 Å². The van der Waals surface area contributed by atoms with E-state index in [1.165, 1.54) is 38.4 Å². The summed E-state index contributed by atoms with van der Waals surface area (Å²) in [5.41, 5.74) is 12.4. The summed E-state index contributed by atoms with van der Waals surface area (Å²) in [6.07, 6.45) is 0. The summed E-state index contributed by atoms with van der Waals surface area (Å²) in [4.78, 5) is 2.33. The molecule has 0 saturated heterocycles. The molecule has 0 aromatic heterocycles. The number of ether oxygens (including phenoxy) is 1. The molecule has 0 saturated carbocycles. The molecule has 52 heavy (non-hydrogen) atoms. The van der Waals surface area contributed by atoms with Crippen LogP contribution in [0.25, 0.3) is 66.1 Å². The molecule has 0 radical (unpaired) electrons. The Labute approximate surface area is 303 Å². The SMILES string of the molecule is c1ccc(-c2ccc(N(c3ccc4c(c3)Oc3cc5ccccc5cc3-c3ccc(-c5ccccc5)cc3-4)c3ccc4ccccc4c3)cc2)cc1. The van der Waals surface area contributed by atoms with Gasteiger partial charge in [0.05, 0.1) is 0 Å². The van der Waals surface area contributed by atoms with E-state index < -0.39 is 0 Å². The van der Waals surface area contributed by atoms with Gasteiger partial charge >= 0.3 is 0 Å². The normalized spacial score (nSPS) is 11.6. The third-order valence-electron chi connectivity index (χ3n) is 10.2. The fraction of sp³-hybridized carbons (Fsp3) is 0. The van der Waals surface area contributed by atoms with Crippen LogP contribution in [0.4, 0.5) is 17.1 Å². The van der Waals surface area contributed by atoms with Crippen molar-refractivity contribution in [2.75, 3.05) is 4.90 Å². The van der Waals surface area contributed by atoms with Gasteiger partial charge in [0.25, 0.3) is 0 Å². The Hall–Kier alpha value is -6.90. The van der Waals surface area contributed by atoms with E-state index in [0.717, 1.165) is 56.2 Å². The van der Waals surface area contributed by atoms with Gasteiger partial charge in [0.1, 0.15) is 11.5 Å². The number of nitrogens with zero attached hydrogens (tertiary/aromatic N) is 1. The summed E-state index contributed by atoms with van der Waals surface area (Å²) in [5.74, 6) is 1.68. The van der Waals surface area contributed by atoms with E-state index in [1.54, 1.807) is 0 Å². The second kappa shape index (κ2) is 12.5. The summed E-state index contributed by atoms with van der Waals surface area (Å²) in [6, 6.07) is 71.7. The molecule has 1 aliphatic heterocycles. The zero-order chi connectivity index (χ0) is 34.4. The van der Waals surface area contributed by atoms with Crippen LogP contribution in [-0.4, -0.2) is 0 Å². The van der Waals surface area contributed by atoms with Crippen molar-refractivity contribution in [3.63, 3.8) is 0 Å². The number of rotatable bonds is 5. The zero-order valence-electron chi connectivity index (χ0n) is 28.4. The average Bonchev–Trinajstić information content (AvgIpc) is 3.34. The molecule has 2 heteroatoms. The van der Waals surface area contributed by atoms with Gasteiger partial charge in [-0.1, -0.05) is 140 Å². The van der Waals surface area contributed by atoms with E-state index in [9.17, 15) is 0 Å². The Balaban J connectivity index is 1.17. The average molecular weight is 664 g/mol. The Bertz CT molecular complexity index is 2750. The Kier molecular flexibility index (Phi) is 7.18. The van der Waals surface area contributed by atoms with Crippen LogP contribution in [0.3, 0.4) is 0 Å². The van der Waals surface area contributed by atoms with Crippen molar-refractivity contribution in [1.82, 2.24) is 0 Å². The molecule has 0 unspecified atom stereocenters. The van der Waals surface area contributed by atoms with Crippen molar-refractivity contribution in [2.24, 2.45) is 0 Å². The Morgan fingerprint density at radius 2 is 0.769 bits per heavy atom. The lowest BCUT2D eigenvalue weighted by molar-refractivity contribution is 0.488. The fourth-order valence-corrected chi connectivity index (χ4v) is 7.60. The van der Waals surface area contributed by atoms with Crippen LogP contribution in [-0.2, 0) is 0 Å². The smallest absolute Gasteiger partial charge is 0.137 e. The first-order valence-corrected chi connectivity index (χ1v) is 17.7. The molecule has 9 aromatic carbocycles. The lowest BCUT2D eigenvalue weighted by atomic mass is 9.90. The third kappa shape index (κ3) is 5.30. The van der Waals surface area contributed by atoms with Gasteiger partial charge in [-0.25, -0.2) is 0 Å². The van der Waals surface area contributed by atoms with E-state index in [-0.39, 0.29) is 0 Å². The minimum absolute atomic E-state index is 0.824. The van der Waals surface area contributed by atoms with E-state index in [0.29, 0.717) is 0 Å². The summed E-state index contributed by atoms with van der Waals surface area (Å²) in [7, 11) is 0. The van der Waals surface area contributed by atoms with Gasteiger partial charge in [0.2, 0.25) is 0 Å². The second-order valence-corrected chi connectivity index (χ2v) is 13.4. The first-order chi connectivity index (χ1) is 25.7. The van der Waals surface area contributed by atoms with Crippen LogP contribution in [0.5, 0.6) is 11.5 Å². The van der Waals surface area contributed by atoms with Crippen LogP contribution in [0.2, 0.25) is 0 Å². The largest absolute Gasteiger partial charge is 0.456 e. The monoisotopic (exact) mass is 663 g/mol. The minimum Gasteiger partial charge on any atom is -0.456 e. The highest BCUT2D eigenvalue weighted by Crippen LogP contribution is 2.51. The van der Waals surface area contributed by atoms with Crippen molar-refractivity contribution >= 4 is 38.6 Å². The molecule has 244 valence electrons. The molecule has 1 heterocycles. The molecule has 10 rings (SSSR count). The van der Waals surface area contributed by atoms with Gasteiger partial charge in [0, 0.05) is 34.3 Å². The summed E-state index contributed by atoms with van der Waals surface area (Å²) in [5, 5.41) is 4.75. The molecule has 0 atom stereocenters. The van der Waals surface area contributed by atoms with Crippen molar-refractivity contribution in [1.29, 1.82) is 0 Å². The van der Waals surface area contributed by atoms with Crippen molar-refractivity contribution in [3.8, 4) is 56.0 Å². The summed E-state index contributed by atoms with van der Waals surface area (Å²) < 4.78 is 7.02. The third-order valence-corrected chi connectivity index (χ3v) is 10.2. The molecule has 0 spiro atoms. The predicted octanol–water partition coefficient (Wildman–Crippen LogP) is 14.2. The van der Waals surface area contributed by atoms with Gasteiger partial charge < -0.3 is 9.64 Å². The number of anilines is 3. The molecule has 2 nitrogen and oxygen atoms in total. The van der Waals surface area contributed by atoms with E-state index >= 15 is 0 Å². The summed E-state index contributed by atoms with van der Waals surface area (Å²) in [6.45, 7) is 0. The minimum atomic E-state index is 0.824. The highest BCUT2D eigenvalue weighted by atomic mass is 16.5. The second-order valence-electron chi connectivity index (χ2n) is 13.4. The maximum atomic E-state index is 7.02. The maximum Gasteiger partial charge on any atom is 0.137 e. The molecular weight excluding hydrogens is 631 g/mol. The number of hydrogen-bond acceptors (Lipinski definition) is 2. The lowest BCUT2D eigenvalue weighted by Crippen LogP contribution is -2.10. The predicted molar refractivity (Wildman–Crippen MR) is 218 cm³/mol. The number of fused-ring (bicyclic) bond motifs is 7. The van der Waals surface area contributed by atoms with Crippen LogP contribution in [0, 0.1) is 0 Å². The van der Waals surface area contributed by atoms with E-state index in [1.807, 2.05) is 0 Å². The van der Waals surface area contributed by atoms with Gasteiger partial charge in [-0.05, 0) is 110 Å². The Morgan fingerprint density at radius 1 is 0.269 bits per heavy atom. The standard InChI is InChI=1S/C50H33NO/c1-3-11-34(12-4-1)37-19-23-42(24-20-37)51(43-25-21-36-15-7-8-16-38(36)29-43)44-26-28-46-47-30-41(35-13-5-2-6-14-35)22-27-45(47)48-31-39-17-9-10-18-40(39)32-49(48)52-50(46)33-44/h1-33H. The number of benzene rings is 9. The molecule has 9 aromatic rings. The zero-order valence-corrected chi connectivity index (χ0v) is 28.4. The molecular formula is C50H33NO. The Morgan fingerprint density at radius 3 is 1.50 bits per heavy atom. The first-order valence-electron chi connectivity index (χ1n) is 17.7. The topological polar surface area (TPSA) is 12.5 Å². The highest BCUT2D eigenvalue weighted by molar-refractivity contribution is 5.99. The molecule has 0 amide bonds. The van der Waals surface area contributed by atoms with Crippen LogP contribution in [0.15, 0.2) is 200 Å². The van der Waals surface area contributed by atoms with E-state index in [2.05, 4.69) is 205 Å². The van der Waals surface area contributed by atoms with Crippen LogP contribution < -0.4 is 9.64 Å². The van der Waals surface area contributed by atoms with Crippen LogP contribution in [0.1, 0.15) is 0 Å². The molecule has 0 N–H and O–H groups in total. The molecule has 0 aliphatic carbocycles. The summed E-state index contributed by atoms with van der Waals surface area (Å²) >= 11 is 0. The molecule has 0 bridgehead atoms. The van der Waals surface area contributed by atoms with Crippen molar-refractivity contribution in [2.45, 2.75) is 0 Å². The van der Waals surface area contributed by atoms with Gasteiger partial charge in [-0.3, -0.25) is 0 Å². The van der Waals surface area contributed by atoms with Gasteiger partial charge in [0.15, 0.2) is 0 Å². The quantitative estimate of drug-likeness (QED) is 0.182. The lowest BCUT2D eigenvalue weighted by Gasteiger charge is -2.27. The number of hydrogen-bond donors (Lipinski definition) is 0. The first kappa shape index (κ1) is 30.0.